The lowest BCUT2D eigenvalue weighted by atomic mass is 9.98. The molecule has 0 heterocycles. The lowest BCUT2D eigenvalue weighted by molar-refractivity contribution is 0.338. The van der Waals surface area contributed by atoms with E-state index >= 15 is 0 Å². The van der Waals surface area contributed by atoms with Crippen molar-refractivity contribution < 1.29 is 4.74 Å². The minimum atomic E-state index is -0.119. The molecule has 2 nitrogen and oxygen atoms in total. The van der Waals surface area contributed by atoms with Gasteiger partial charge in [-0.1, -0.05) is 35.9 Å². The number of benzene rings is 2. The normalized spacial score (nSPS) is 12.2. The lowest BCUT2D eigenvalue weighted by Gasteiger charge is -2.15. The summed E-state index contributed by atoms with van der Waals surface area (Å²) < 4.78 is 6.45. The zero-order valence-corrected chi connectivity index (χ0v) is 12.8. The first-order chi connectivity index (χ1) is 9.11. The van der Waals surface area contributed by atoms with E-state index in [2.05, 4.69) is 41.1 Å². The van der Waals surface area contributed by atoms with Crippen molar-refractivity contribution in [3.8, 4) is 5.75 Å². The second-order valence-electron chi connectivity index (χ2n) is 4.51. The minimum Gasteiger partial charge on any atom is -0.493 e. The van der Waals surface area contributed by atoms with Gasteiger partial charge in [-0.25, -0.2) is 0 Å². The van der Waals surface area contributed by atoms with Crippen LogP contribution < -0.4 is 10.5 Å². The number of nitrogens with two attached hydrogens (primary N) is 1. The monoisotopic (exact) mass is 319 g/mol. The molecular formula is C16H18BrNO. The first kappa shape index (κ1) is 14.1. The maximum absolute atomic E-state index is 6.32. The summed E-state index contributed by atoms with van der Waals surface area (Å²) >= 11 is 3.52. The summed E-state index contributed by atoms with van der Waals surface area (Å²) in [5, 5.41) is 0. The smallest absolute Gasteiger partial charge is 0.133 e. The Morgan fingerprint density at radius 3 is 2.53 bits per heavy atom. The number of hydrogen-bond acceptors (Lipinski definition) is 2. The number of hydrogen-bond donors (Lipinski definition) is 1. The molecule has 0 aliphatic rings. The van der Waals surface area contributed by atoms with E-state index < -0.39 is 0 Å². The zero-order valence-electron chi connectivity index (χ0n) is 11.2. The summed E-state index contributed by atoms with van der Waals surface area (Å²) in [5.41, 5.74) is 9.73. The van der Waals surface area contributed by atoms with Gasteiger partial charge in [0.05, 0.1) is 17.1 Å². The van der Waals surface area contributed by atoms with Gasteiger partial charge in [-0.05, 0) is 53.0 Å². The van der Waals surface area contributed by atoms with Crippen LogP contribution in [-0.2, 0) is 0 Å². The summed E-state index contributed by atoms with van der Waals surface area (Å²) in [6.45, 7) is 4.70. The highest BCUT2D eigenvalue weighted by atomic mass is 79.9. The summed E-state index contributed by atoms with van der Waals surface area (Å²) in [6.07, 6.45) is 0. The molecule has 0 aliphatic heterocycles. The Hall–Kier alpha value is -1.32. The van der Waals surface area contributed by atoms with Crippen LogP contribution in [0.2, 0.25) is 0 Å². The summed E-state index contributed by atoms with van der Waals surface area (Å²) in [6, 6.07) is 14.2. The first-order valence-corrected chi connectivity index (χ1v) is 7.15. The summed E-state index contributed by atoms with van der Waals surface area (Å²) in [5.74, 6) is 0.850. The number of aryl methyl sites for hydroxylation is 1. The second kappa shape index (κ2) is 6.22. The van der Waals surface area contributed by atoms with Crippen LogP contribution in [0.25, 0.3) is 0 Å². The lowest BCUT2D eigenvalue weighted by Crippen LogP contribution is -2.12. The molecule has 1 atom stereocenters. The van der Waals surface area contributed by atoms with Crippen molar-refractivity contribution >= 4 is 15.9 Å². The van der Waals surface area contributed by atoms with Crippen LogP contribution in [0.1, 0.15) is 29.7 Å². The van der Waals surface area contributed by atoms with Gasteiger partial charge in [0.25, 0.3) is 0 Å². The van der Waals surface area contributed by atoms with Gasteiger partial charge in [0, 0.05) is 0 Å². The maximum atomic E-state index is 6.32. The molecule has 2 N–H and O–H groups in total. The number of halogens is 1. The van der Waals surface area contributed by atoms with Crippen LogP contribution in [-0.4, -0.2) is 6.61 Å². The van der Waals surface area contributed by atoms with Crippen molar-refractivity contribution in [3.63, 3.8) is 0 Å². The molecule has 0 amide bonds. The Labute approximate surface area is 122 Å². The molecule has 2 aromatic rings. The van der Waals surface area contributed by atoms with Crippen molar-refractivity contribution in [1.82, 2.24) is 0 Å². The average Bonchev–Trinajstić information content (AvgIpc) is 2.40. The molecule has 100 valence electrons. The molecule has 2 aromatic carbocycles. The molecule has 0 aromatic heterocycles. The van der Waals surface area contributed by atoms with Crippen LogP contribution >= 0.6 is 15.9 Å². The van der Waals surface area contributed by atoms with Crippen LogP contribution in [0.3, 0.4) is 0 Å². The predicted octanol–water partition coefficient (Wildman–Crippen LogP) is 4.20. The molecule has 0 saturated carbocycles. The highest BCUT2D eigenvalue weighted by molar-refractivity contribution is 9.10. The van der Waals surface area contributed by atoms with E-state index in [0.717, 1.165) is 21.3 Å². The third-order valence-corrected chi connectivity index (χ3v) is 3.64. The molecule has 0 spiro atoms. The van der Waals surface area contributed by atoms with E-state index in [1.54, 1.807) is 0 Å². The Morgan fingerprint density at radius 2 is 1.89 bits per heavy atom. The summed E-state index contributed by atoms with van der Waals surface area (Å²) in [4.78, 5) is 0. The SMILES string of the molecule is CCOc1ccc(C(N)c2cccc(C)c2)cc1Br. The standard InChI is InChI=1S/C16H18BrNO/c1-3-19-15-8-7-13(10-14(15)17)16(18)12-6-4-5-11(2)9-12/h4-10,16H,3,18H2,1-2H3. The van der Waals surface area contributed by atoms with Gasteiger partial charge in [-0.3, -0.25) is 0 Å². The van der Waals surface area contributed by atoms with Crippen molar-refractivity contribution in [2.24, 2.45) is 5.73 Å². The van der Waals surface area contributed by atoms with Crippen LogP contribution in [0.4, 0.5) is 0 Å². The highest BCUT2D eigenvalue weighted by Gasteiger charge is 2.11. The van der Waals surface area contributed by atoms with Crippen molar-refractivity contribution in [2.75, 3.05) is 6.61 Å². The Morgan fingerprint density at radius 1 is 1.16 bits per heavy atom. The molecule has 3 heteroatoms. The zero-order chi connectivity index (χ0) is 13.8. The molecule has 1 unspecified atom stereocenters. The fourth-order valence-electron chi connectivity index (χ4n) is 2.04. The quantitative estimate of drug-likeness (QED) is 0.916. The van der Waals surface area contributed by atoms with Gasteiger partial charge in [0.1, 0.15) is 5.75 Å². The van der Waals surface area contributed by atoms with Crippen molar-refractivity contribution in [2.45, 2.75) is 19.9 Å². The summed E-state index contributed by atoms with van der Waals surface area (Å²) in [7, 11) is 0. The van der Waals surface area contributed by atoms with E-state index in [-0.39, 0.29) is 6.04 Å². The topological polar surface area (TPSA) is 35.2 Å². The van der Waals surface area contributed by atoms with E-state index in [1.807, 2.05) is 31.2 Å². The molecule has 19 heavy (non-hydrogen) atoms. The number of ether oxygens (including phenoxy) is 1. The molecule has 0 bridgehead atoms. The van der Waals surface area contributed by atoms with Gasteiger partial charge in [0.2, 0.25) is 0 Å². The van der Waals surface area contributed by atoms with E-state index in [0.29, 0.717) is 6.61 Å². The molecular weight excluding hydrogens is 302 g/mol. The fraction of sp³-hybridized carbons (Fsp3) is 0.250. The van der Waals surface area contributed by atoms with Crippen molar-refractivity contribution in [1.29, 1.82) is 0 Å². The van der Waals surface area contributed by atoms with E-state index in [9.17, 15) is 0 Å². The fourth-order valence-corrected chi connectivity index (χ4v) is 2.55. The van der Waals surface area contributed by atoms with Gasteiger partial charge >= 0.3 is 0 Å². The molecule has 0 fully saturated rings. The largest absolute Gasteiger partial charge is 0.493 e. The predicted molar refractivity (Wildman–Crippen MR) is 82.5 cm³/mol. The van der Waals surface area contributed by atoms with Crippen molar-refractivity contribution in [3.05, 3.63) is 63.6 Å². The maximum Gasteiger partial charge on any atom is 0.133 e. The molecule has 0 radical (unpaired) electrons. The molecule has 0 aliphatic carbocycles. The van der Waals surface area contributed by atoms with Gasteiger partial charge in [0.15, 0.2) is 0 Å². The number of rotatable bonds is 4. The Balaban J connectivity index is 2.29. The third-order valence-electron chi connectivity index (χ3n) is 3.02. The van der Waals surface area contributed by atoms with Crippen LogP contribution in [0, 0.1) is 6.92 Å². The minimum absolute atomic E-state index is 0.119. The average molecular weight is 320 g/mol. The van der Waals surface area contributed by atoms with Gasteiger partial charge in [-0.15, -0.1) is 0 Å². The third kappa shape index (κ3) is 3.37. The van der Waals surface area contributed by atoms with Crippen LogP contribution in [0.5, 0.6) is 5.75 Å². The van der Waals surface area contributed by atoms with E-state index in [1.165, 1.54) is 5.56 Å². The van der Waals surface area contributed by atoms with Crippen LogP contribution in [0.15, 0.2) is 46.9 Å². The molecule has 0 saturated heterocycles. The van der Waals surface area contributed by atoms with Gasteiger partial charge in [-0.2, -0.15) is 0 Å². The Bertz CT molecular complexity index is 568. The van der Waals surface area contributed by atoms with E-state index in [4.69, 9.17) is 10.5 Å². The molecule has 2 rings (SSSR count). The second-order valence-corrected chi connectivity index (χ2v) is 5.37. The van der Waals surface area contributed by atoms with Gasteiger partial charge < -0.3 is 10.5 Å². The Kier molecular flexibility index (Phi) is 4.61. The highest BCUT2D eigenvalue weighted by Crippen LogP contribution is 2.30. The first-order valence-electron chi connectivity index (χ1n) is 6.36.